The molecule has 64 valence electrons. The largest absolute Gasteiger partial charge is 0.361 e. The Kier molecular flexibility index (Phi) is 2.09. The lowest BCUT2D eigenvalue weighted by Crippen LogP contribution is -1.75. The molecule has 1 aromatic heterocycles. The summed E-state index contributed by atoms with van der Waals surface area (Å²) in [6.07, 6.45) is 3.20. The van der Waals surface area contributed by atoms with Crippen LogP contribution in [-0.4, -0.2) is 4.98 Å². The lowest BCUT2D eigenvalue weighted by atomic mass is 10.1. The van der Waals surface area contributed by atoms with Crippen molar-refractivity contribution in [2.24, 2.45) is 0 Å². The first-order chi connectivity index (χ1) is 5.81. The molecule has 2 aromatic rings. The second kappa shape index (κ2) is 3.09. The minimum atomic E-state index is 0. The van der Waals surface area contributed by atoms with Gasteiger partial charge in [0, 0.05) is 22.1 Å². The smallest absolute Gasteiger partial charge is 0.0467 e. The van der Waals surface area contributed by atoms with Gasteiger partial charge in [-0.25, -0.2) is 0 Å². The van der Waals surface area contributed by atoms with Crippen LogP contribution in [0.5, 0.6) is 0 Å². The first kappa shape index (κ1) is 8.10. The van der Waals surface area contributed by atoms with Gasteiger partial charge in [0.1, 0.15) is 0 Å². The van der Waals surface area contributed by atoms with E-state index in [4.69, 9.17) is 0 Å². The van der Waals surface area contributed by atoms with E-state index in [0.29, 0.717) is 0 Å². The van der Waals surface area contributed by atoms with Gasteiger partial charge in [-0.15, -0.1) is 0 Å². The van der Waals surface area contributed by atoms with Crippen molar-refractivity contribution < 1.29 is 1.43 Å². The Labute approximate surface area is 86.8 Å². The number of nitrogens with one attached hydrogen (secondary N) is 1. The fraction of sp³-hybridized carbons (Fsp3) is 0.200. The van der Waals surface area contributed by atoms with Gasteiger partial charge in [0.15, 0.2) is 0 Å². The second-order valence-electron chi connectivity index (χ2n) is 2.86. The van der Waals surface area contributed by atoms with Crippen LogP contribution in [0.1, 0.15) is 13.9 Å². The topological polar surface area (TPSA) is 15.8 Å². The van der Waals surface area contributed by atoms with E-state index in [-0.39, 0.29) is 1.43 Å². The van der Waals surface area contributed by atoms with Gasteiger partial charge in [-0.2, -0.15) is 0 Å². The molecule has 0 aliphatic heterocycles. The molecule has 0 aliphatic rings. The number of aromatic nitrogens is 1. The molecule has 0 aliphatic carbocycles. The van der Waals surface area contributed by atoms with Crippen LogP contribution < -0.4 is 0 Å². The molecule has 0 spiro atoms. The van der Waals surface area contributed by atoms with Crippen LogP contribution in [0.15, 0.2) is 24.4 Å². The summed E-state index contributed by atoms with van der Waals surface area (Å²) in [5.74, 6) is 0. The number of benzene rings is 1. The maximum atomic E-state index is 3.28. The molecule has 0 atom stereocenters. The Bertz CT molecular complexity index is 408. The third kappa shape index (κ3) is 1.24. The molecule has 2 heteroatoms. The molecular weight excluding hydrogens is 261 g/mol. The SMILES string of the molecule is CCc1c[nH]c2cc(I)ccc12.[HH]. The van der Waals surface area contributed by atoms with Crippen molar-refractivity contribution in [1.82, 2.24) is 4.98 Å². The Hall–Kier alpha value is -0.510. The number of fused-ring (bicyclic) bond motifs is 1. The summed E-state index contributed by atoms with van der Waals surface area (Å²) >= 11 is 2.33. The maximum Gasteiger partial charge on any atom is 0.0467 e. The van der Waals surface area contributed by atoms with Crippen LogP contribution in [0.4, 0.5) is 0 Å². The van der Waals surface area contributed by atoms with E-state index in [9.17, 15) is 0 Å². The third-order valence-corrected chi connectivity index (χ3v) is 2.78. The van der Waals surface area contributed by atoms with Gasteiger partial charge in [-0.05, 0) is 46.7 Å². The standard InChI is InChI=1S/C10H10IN.H2/c1-2-7-6-12-10-5-8(11)3-4-9(7)10;/h3-6,12H,2H2,1H3;1H. The Balaban J connectivity index is 0.000000845. The Morgan fingerprint density at radius 3 is 3.08 bits per heavy atom. The fourth-order valence-electron chi connectivity index (χ4n) is 1.45. The number of hydrogen-bond acceptors (Lipinski definition) is 0. The van der Waals surface area contributed by atoms with Crippen LogP contribution in [-0.2, 0) is 6.42 Å². The van der Waals surface area contributed by atoms with Gasteiger partial charge in [0.2, 0.25) is 0 Å². The molecule has 0 amide bonds. The van der Waals surface area contributed by atoms with Crippen molar-refractivity contribution in [3.63, 3.8) is 0 Å². The van der Waals surface area contributed by atoms with Crippen molar-refractivity contribution in [3.05, 3.63) is 33.5 Å². The highest BCUT2D eigenvalue weighted by molar-refractivity contribution is 14.1. The van der Waals surface area contributed by atoms with Crippen molar-refractivity contribution in [1.29, 1.82) is 0 Å². The molecule has 0 radical (unpaired) electrons. The Morgan fingerprint density at radius 1 is 1.50 bits per heavy atom. The van der Waals surface area contributed by atoms with Gasteiger partial charge in [0.05, 0.1) is 0 Å². The molecule has 1 aromatic carbocycles. The van der Waals surface area contributed by atoms with Crippen LogP contribution >= 0.6 is 22.6 Å². The molecule has 1 N–H and O–H groups in total. The average Bonchev–Trinajstić information content (AvgIpc) is 2.46. The lowest BCUT2D eigenvalue weighted by Gasteiger charge is -1.93. The molecule has 1 heterocycles. The van der Waals surface area contributed by atoms with Gasteiger partial charge < -0.3 is 4.98 Å². The number of hydrogen-bond donors (Lipinski definition) is 1. The van der Waals surface area contributed by atoms with E-state index in [0.717, 1.165) is 6.42 Å². The van der Waals surface area contributed by atoms with Gasteiger partial charge in [0.25, 0.3) is 0 Å². The highest BCUT2D eigenvalue weighted by atomic mass is 127. The van der Waals surface area contributed by atoms with Crippen LogP contribution in [0.25, 0.3) is 10.9 Å². The zero-order valence-corrected chi connectivity index (χ0v) is 9.05. The zero-order valence-electron chi connectivity index (χ0n) is 6.89. The first-order valence-corrected chi connectivity index (χ1v) is 5.14. The van der Waals surface area contributed by atoms with Crippen molar-refractivity contribution >= 4 is 33.5 Å². The van der Waals surface area contributed by atoms with Crippen LogP contribution in [0.3, 0.4) is 0 Å². The molecule has 1 nitrogen and oxygen atoms in total. The monoisotopic (exact) mass is 273 g/mol. The second-order valence-corrected chi connectivity index (χ2v) is 4.10. The summed E-state index contributed by atoms with van der Waals surface area (Å²) < 4.78 is 1.28. The number of H-pyrrole nitrogens is 1. The van der Waals surface area contributed by atoms with Gasteiger partial charge in [-0.3, -0.25) is 0 Å². The molecule has 0 saturated carbocycles. The Morgan fingerprint density at radius 2 is 2.33 bits per heavy atom. The summed E-state index contributed by atoms with van der Waals surface area (Å²) in [5, 5.41) is 1.36. The fourth-order valence-corrected chi connectivity index (χ4v) is 1.94. The van der Waals surface area contributed by atoms with E-state index in [2.05, 4.69) is 58.9 Å². The van der Waals surface area contributed by atoms with Crippen LogP contribution in [0, 0.1) is 3.57 Å². The summed E-state index contributed by atoms with van der Waals surface area (Å²) in [6.45, 7) is 2.18. The van der Waals surface area contributed by atoms with E-state index in [1.807, 2.05) is 0 Å². The minimum absolute atomic E-state index is 0. The molecule has 0 bridgehead atoms. The predicted octanol–water partition coefficient (Wildman–Crippen LogP) is 3.58. The third-order valence-electron chi connectivity index (χ3n) is 2.11. The summed E-state index contributed by atoms with van der Waals surface area (Å²) in [4.78, 5) is 3.28. The average molecular weight is 273 g/mol. The van der Waals surface area contributed by atoms with E-state index < -0.39 is 0 Å². The lowest BCUT2D eigenvalue weighted by molar-refractivity contribution is 1.15. The normalized spacial score (nSPS) is 10.8. The van der Waals surface area contributed by atoms with Crippen LogP contribution in [0.2, 0.25) is 0 Å². The predicted molar refractivity (Wildman–Crippen MR) is 62.5 cm³/mol. The maximum absolute atomic E-state index is 3.28. The van der Waals surface area contributed by atoms with E-state index in [1.165, 1.54) is 20.0 Å². The van der Waals surface area contributed by atoms with E-state index >= 15 is 0 Å². The highest BCUT2D eigenvalue weighted by Gasteiger charge is 2.00. The molecule has 0 saturated heterocycles. The summed E-state index contributed by atoms with van der Waals surface area (Å²) in [6, 6.07) is 6.51. The van der Waals surface area contributed by atoms with Crippen molar-refractivity contribution in [3.8, 4) is 0 Å². The van der Waals surface area contributed by atoms with Gasteiger partial charge in [-0.1, -0.05) is 13.0 Å². The number of aryl methyl sites for hydroxylation is 1. The zero-order chi connectivity index (χ0) is 8.55. The summed E-state index contributed by atoms with van der Waals surface area (Å²) in [5.41, 5.74) is 2.65. The van der Waals surface area contributed by atoms with Crippen molar-refractivity contribution in [2.75, 3.05) is 0 Å². The summed E-state index contributed by atoms with van der Waals surface area (Å²) in [7, 11) is 0. The number of halogens is 1. The molecule has 0 unspecified atom stereocenters. The quantitative estimate of drug-likeness (QED) is 0.764. The van der Waals surface area contributed by atoms with Gasteiger partial charge >= 0.3 is 0 Å². The van der Waals surface area contributed by atoms with Crippen molar-refractivity contribution in [2.45, 2.75) is 13.3 Å². The first-order valence-electron chi connectivity index (χ1n) is 4.07. The minimum Gasteiger partial charge on any atom is -0.361 e. The number of aromatic amines is 1. The van der Waals surface area contributed by atoms with E-state index in [1.54, 1.807) is 0 Å². The number of rotatable bonds is 1. The molecule has 0 fully saturated rings. The highest BCUT2D eigenvalue weighted by Crippen LogP contribution is 2.20. The molecule has 12 heavy (non-hydrogen) atoms. The molecular formula is C10H12IN. The molecule has 2 rings (SSSR count).